The Bertz CT molecular complexity index is 928. The van der Waals surface area contributed by atoms with Crippen molar-refractivity contribution in [2.75, 3.05) is 13.1 Å². The number of carbonyl (C=O) groups excluding carboxylic acids is 5. The molecule has 4 amide bonds. The molecule has 2 aliphatic heterocycles. The summed E-state index contributed by atoms with van der Waals surface area (Å²) in [6.07, 6.45) is 2.39. The predicted octanol–water partition coefficient (Wildman–Crippen LogP) is -4.90. The largest absolute Gasteiger partial charge is 1.00 e. The van der Waals surface area contributed by atoms with Crippen LogP contribution in [0.5, 0.6) is 0 Å². The van der Waals surface area contributed by atoms with E-state index in [4.69, 9.17) is 4.55 Å². The van der Waals surface area contributed by atoms with E-state index in [1.54, 1.807) is 0 Å². The molecule has 2 heterocycles. The van der Waals surface area contributed by atoms with Crippen LogP contribution in [0.2, 0.25) is 0 Å². The van der Waals surface area contributed by atoms with Crippen molar-refractivity contribution in [2.24, 2.45) is 4.99 Å². The number of hydroxylamine groups is 2. The fourth-order valence-corrected chi connectivity index (χ4v) is 3.46. The molecule has 0 saturated carbocycles. The van der Waals surface area contributed by atoms with Crippen molar-refractivity contribution >= 4 is 45.6 Å². The zero-order chi connectivity index (χ0) is 23.2. The minimum Gasteiger partial charge on any atom is -0.862 e. The van der Waals surface area contributed by atoms with Gasteiger partial charge in [-0.2, -0.15) is 8.42 Å². The van der Waals surface area contributed by atoms with E-state index in [1.807, 2.05) is 0 Å². The minimum absolute atomic E-state index is 0. The maximum atomic E-state index is 11.8. The third-order valence-electron chi connectivity index (χ3n) is 4.39. The summed E-state index contributed by atoms with van der Waals surface area (Å²) in [6, 6.07) is 0. The van der Waals surface area contributed by atoms with E-state index in [2.05, 4.69) is 9.83 Å². The molecule has 0 spiro atoms. The molecule has 1 saturated heterocycles. The average molecular weight is 481 g/mol. The molecule has 0 aromatic heterocycles. The third-order valence-corrected chi connectivity index (χ3v) is 5.48. The van der Waals surface area contributed by atoms with Gasteiger partial charge in [-0.15, -0.1) is 5.06 Å². The molecule has 1 N–H and O–H groups in total. The maximum absolute atomic E-state index is 11.8. The second kappa shape index (κ2) is 12.2. The second-order valence-electron chi connectivity index (χ2n) is 6.69. The number of hydrogen-bond acceptors (Lipinski definition) is 10. The molecule has 1 fully saturated rings. The van der Waals surface area contributed by atoms with Crippen LogP contribution in [0.4, 0.5) is 0 Å². The molecule has 0 aromatic rings. The Balaban J connectivity index is 0.00000512. The Morgan fingerprint density at radius 1 is 1.12 bits per heavy atom. The summed E-state index contributed by atoms with van der Waals surface area (Å²) in [4.78, 5) is 67.1. The third kappa shape index (κ3) is 7.78. The number of amides is 4. The molecule has 2 aliphatic rings. The topological polar surface area (TPSA) is 191 Å². The molecular weight excluding hydrogens is 461 g/mol. The summed E-state index contributed by atoms with van der Waals surface area (Å²) in [7, 11) is -4.78. The van der Waals surface area contributed by atoms with Crippen LogP contribution in [0, 0.1) is 0 Å². The van der Waals surface area contributed by atoms with E-state index in [1.165, 1.54) is 0 Å². The van der Waals surface area contributed by atoms with Crippen molar-refractivity contribution in [3.8, 4) is 0 Å². The van der Waals surface area contributed by atoms with E-state index >= 15 is 0 Å². The van der Waals surface area contributed by atoms with Crippen molar-refractivity contribution in [1.29, 1.82) is 0 Å². The van der Waals surface area contributed by atoms with Crippen LogP contribution < -0.4 is 34.7 Å². The van der Waals surface area contributed by atoms with Crippen molar-refractivity contribution in [2.45, 2.75) is 43.8 Å². The molecular formula is C17H20N3NaO10S. The molecule has 13 nitrogen and oxygen atoms in total. The number of nitrogens with zero attached hydrogens (tertiary/aromatic N) is 3. The Kier molecular flexibility index (Phi) is 10.6. The number of imide groups is 2. The summed E-state index contributed by atoms with van der Waals surface area (Å²) in [5.41, 5.74) is 0. The number of unbranched alkanes of at least 4 members (excludes halogenated alkanes) is 2. The molecule has 0 bridgehead atoms. The van der Waals surface area contributed by atoms with E-state index in [0.29, 0.717) is 19.3 Å². The normalized spacial score (nSPS) is 19.0. The van der Waals surface area contributed by atoms with Gasteiger partial charge in [0.2, 0.25) is 0 Å². The van der Waals surface area contributed by atoms with Crippen LogP contribution in [-0.4, -0.2) is 76.8 Å². The van der Waals surface area contributed by atoms with Gasteiger partial charge in [-0.05, 0) is 25.2 Å². The average Bonchev–Trinajstić information content (AvgIpc) is 3.15. The number of rotatable bonds is 11. The van der Waals surface area contributed by atoms with Gasteiger partial charge < -0.3 is 14.9 Å². The van der Waals surface area contributed by atoms with Crippen molar-refractivity contribution in [3.05, 3.63) is 12.2 Å². The van der Waals surface area contributed by atoms with Gasteiger partial charge in [-0.25, -0.2) is 4.79 Å². The Morgan fingerprint density at radius 3 is 2.31 bits per heavy atom. The molecule has 15 heteroatoms. The van der Waals surface area contributed by atoms with Gasteiger partial charge >= 0.3 is 35.5 Å². The second-order valence-corrected chi connectivity index (χ2v) is 8.29. The van der Waals surface area contributed by atoms with Crippen LogP contribution in [-0.2, 0) is 38.9 Å². The maximum Gasteiger partial charge on any atom is 1.00 e. The monoisotopic (exact) mass is 481 g/mol. The van der Waals surface area contributed by atoms with Crippen LogP contribution in [0.1, 0.15) is 38.5 Å². The Labute approximate surface area is 205 Å². The van der Waals surface area contributed by atoms with Gasteiger partial charge in [-0.3, -0.25) is 28.6 Å². The van der Waals surface area contributed by atoms with Gasteiger partial charge in [0, 0.05) is 31.7 Å². The zero-order valence-corrected chi connectivity index (χ0v) is 20.1. The number of hydrogen-bond donors (Lipinski definition) is 1. The first-order chi connectivity index (χ1) is 14.5. The van der Waals surface area contributed by atoms with Crippen molar-refractivity contribution < 1.29 is 76.4 Å². The fourth-order valence-electron chi connectivity index (χ4n) is 2.76. The van der Waals surface area contributed by atoms with Crippen molar-refractivity contribution in [1.82, 2.24) is 9.96 Å². The summed E-state index contributed by atoms with van der Waals surface area (Å²) < 4.78 is 30.9. The quantitative estimate of drug-likeness (QED) is 0.0747. The summed E-state index contributed by atoms with van der Waals surface area (Å²) >= 11 is 0. The van der Waals surface area contributed by atoms with E-state index in [9.17, 15) is 37.5 Å². The van der Waals surface area contributed by atoms with Crippen LogP contribution >= 0.6 is 0 Å². The Morgan fingerprint density at radius 2 is 1.75 bits per heavy atom. The number of aliphatic imine (C=N–C) groups is 1. The van der Waals surface area contributed by atoms with Crippen LogP contribution in [0.3, 0.4) is 0 Å². The molecule has 0 aliphatic carbocycles. The predicted molar refractivity (Wildman–Crippen MR) is 99.1 cm³/mol. The molecule has 0 aromatic carbocycles. The summed E-state index contributed by atoms with van der Waals surface area (Å²) in [5, 5.41) is 9.73. The summed E-state index contributed by atoms with van der Waals surface area (Å²) in [6.45, 7) is 0.123. The smallest absolute Gasteiger partial charge is 0.862 e. The minimum atomic E-state index is -4.78. The van der Waals surface area contributed by atoms with Gasteiger partial charge in [-0.1, -0.05) is 6.42 Å². The number of carbonyl (C=O) groups is 5. The zero-order valence-electron chi connectivity index (χ0n) is 17.3. The first kappa shape index (κ1) is 27.9. The molecule has 1 unspecified atom stereocenters. The van der Waals surface area contributed by atoms with Crippen LogP contribution in [0.25, 0.3) is 0 Å². The molecule has 0 radical (unpaired) electrons. The van der Waals surface area contributed by atoms with Gasteiger partial charge in [0.05, 0.1) is 6.42 Å². The first-order valence-corrected chi connectivity index (χ1v) is 10.8. The van der Waals surface area contributed by atoms with Gasteiger partial charge in [0.15, 0.2) is 5.25 Å². The van der Waals surface area contributed by atoms with Gasteiger partial charge in [0.25, 0.3) is 33.7 Å². The molecule has 170 valence electrons. The van der Waals surface area contributed by atoms with Crippen LogP contribution in [0.15, 0.2) is 17.1 Å². The molecule has 1 atom stereocenters. The van der Waals surface area contributed by atoms with E-state index in [0.717, 1.165) is 17.1 Å². The first-order valence-electron chi connectivity index (χ1n) is 9.28. The molecule has 32 heavy (non-hydrogen) atoms. The standard InChI is InChI=1S/C17H21N3O10S.Na/c21-12(7-9-19-13(22)5-6-14(19)23)18-8-3-1-2-4-16(25)30-20-15(24)10-11(17(20)26)31(27,28)29;/h5-6,11H,1-4,7-10H2,(H,18,21)(H,27,28,29);/q;+1/p-1. The van der Waals surface area contributed by atoms with Crippen molar-refractivity contribution in [3.63, 3.8) is 0 Å². The Hall–Kier alpha value is -2.13. The fraction of sp³-hybridized carbons (Fsp3) is 0.529. The van der Waals surface area contributed by atoms with Gasteiger partial charge in [0.1, 0.15) is 0 Å². The van der Waals surface area contributed by atoms with E-state index < -0.39 is 57.3 Å². The molecule has 2 rings (SSSR count). The van der Waals surface area contributed by atoms with E-state index in [-0.39, 0.29) is 60.6 Å². The SMILES string of the molecule is O=C(CCCCCN=C([O-])CCN1C(=O)C=CC1=O)ON1C(=O)CC(S(=O)(=O)O)C1=O.[Na+]. The summed E-state index contributed by atoms with van der Waals surface area (Å²) in [5.74, 6) is -4.73.